The van der Waals surface area contributed by atoms with E-state index in [-0.39, 0.29) is 11.3 Å². The Labute approximate surface area is 125 Å². The Morgan fingerprint density at radius 2 is 1.68 bits per heavy atom. The van der Waals surface area contributed by atoms with Crippen LogP contribution in [-0.2, 0) is 0 Å². The predicted octanol–water partition coefficient (Wildman–Crippen LogP) is 2.70. The maximum Gasteiger partial charge on any atom is 0.341 e. The molecule has 0 saturated carbocycles. The molecule has 0 aliphatic rings. The summed E-state index contributed by atoms with van der Waals surface area (Å²) in [6.07, 6.45) is 0. The van der Waals surface area contributed by atoms with Gasteiger partial charge in [-0.2, -0.15) is 0 Å². The minimum atomic E-state index is -1.26. The van der Waals surface area contributed by atoms with Gasteiger partial charge in [0.15, 0.2) is 0 Å². The topological polar surface area (TPSA) is 79.5 Å². The van der Waals surface area contributed by atoms with Crippen LogP contribution < -0.4 is 5.56 Å². The Morgan fingerprint density at radius 1 is 1.00 bits per heavy atom. The smallest absolute Gasteiger partial charge is 0.341 e. The molecule has 2 N–H and O–H groups in total. The molecule has 5 nitrogen and oxygen atoms in total. The third-order valence-electron chi connectivity index (χ3n) is 3.62. The highest BCUT2D eigenvalue weighted by Gasteiger charge is 2.15. The summed E-state index contributed by atoms with van der Waals surface area (Å²) in [5.74, 6) is -1.15. The monoisotopic (exact) mass is 295 g/mol. The van der Waals surface area contributed by atoms with Gasteiger partial charge in [0.1, 0.15) is 11.3 Å². The summed E-state index contributed by atoms with van der Waals surface area (Å²) in [7, 11) is 0. The van der Waals surface area contributed by atoms with E-state index in [1.165, 1.54) is 10.6 Å². The minimum Gasteiger partial charge on any atom is -0.507 e. The molecule has 3 aromatic rings. The van der Waals surface area contributed by atoms with Gasteiger partial charge in [-0.25, -0.2) is 4.79 Å². The van der Waals surface area contributed by atoms with Crippen molar-refractivity contribution in [3.05, 3.63) is 70.1 Å². The number of hydrogen-bond acceptors (Lipinski definition) is 3. The van der Waals surface area contributed by atoms with Crippen LogP contribution in [0.15, 0.2) is 53.3 Å². The minimum absolute atomic E-state index is 0.111. The van der Waals surface area contributed by atoms with E-state index in [4.69, 9.17) is 5.11 Å². The van der Waals surface area contributed by atoms with E-state index < -0.39 is 11.5 Å². The third kappa shape index (κ3) is 2.03. The standard InChI is InChI=1S/C17H13NO4/c1-10-8-9-13(17(21)22)16(20)18(10)14-6-2-5-12-11(14)4-3-7-15(12)19/h2-9,19H,1H3,(H,21,22). The molecular formula is C17H13NO4. The molecule has 0 amide bonds. The third-order valence-corrected chi connectivity index (χ3v) is 3.62. The second-order valence-electron chi connectivity index (χ2n) is 4.98. The Morgan fingerprint density at radius 3 is 2.41 bits per heavy atom. The van der Waals surface area contributed by atoms with Gasteiger partial charge < -0.3 is 10.2 Å². The molecule has 1 aromatic heterocycles. The van der Waals surface area contributed by atoms with Gasteiger partial charge in [-0.1, -0.05) is 24.3 Å². The SMILES string of the molecule is Cc1ccc(C(=O)O)c(=O)n1-c1cccc2c(O)cccc12. The van der Waals surface area contributed by atoms with Crippen molar-refractivity contribution < 1.29 is 15.0 Å². The van der Waals surface area contributed by atoms with Crippen LogP contribution in [0, 0.1) is 6.92 Å². The van der Waals surface area contributed by atoms with E-state index >= 15 is 0 Å². The van der Waals surface area contributed by atoms with Crippen molar-refractivity contribution in [1.82, 2.24) is 4.57 Å². The number of carbonyl (C=O) groups is 1. The summed E-state index contributed by atoms with van der Waals surface area (Å²) in [5.41, 5.74) is 0.274. The zero-order chi connectivity index (χ0) is 15.9. The quantitative estimate of drug-likeness (QED) is 0.762. The molecule has 2 aromatic carbocycles. The van der Waals surface area contributed by atoms with Crippen LogP contribution in [0.5, 0.6) is 5.75 Å². The first-order valence-corrected chi connectivity index (χ1v) is 6.67. The molecule has 1 heterocycles. The Kier molecular flexibility index (Phi) is 3.18. The van der Waals surface area contributed by atoms with Gasteiger partial charge in [0.05, 0.1) is 5.69 Å². The molecule has 110 valence electrons. The first kappa shape index (κ1) is 13.9. The molecule has 0 fully saturated rings. The Hall–Kier alpha value is -3.08. The predicted molar refractivity (Wildman–Crippen MR) is 82.9 cm³/mol. The Balaban J connectivity index is 2.43. The van der Waals surface area contributed by atoms with E-state index in [0.717, 1.165) is 0 Å². The maximum atomic E-state index is 12.5. The van der Waals surface area contributed by atoms with Crippen LogP contribution >= 0.6 is 0 Å². The summed E-state index contributed by atoms with van der Waals surface area (Å²) in [6, 6.07) is 13.1. The largest absolute Gasteiger partial charge is 0.507 e. The lowest BCUT2D eigenvalue weighted by atomic mass is 10.1. The molecule has 0 unspecified atom stereocenters. The lowest BCUT2D eigenvalue weighted by Crippen LogP contribution is -2.26. The van der Waals surface area contributed by atoms with E-state index in [0.29, 0.717) is 22.2 Å². The van der Waals surface area contributed by atoms with Crippen LogP contribution in [0.1, 0.15) is 16.1 Å². The van der Waals surface area contributed by atoms with E-state index in [2.05, 4.69) is 0 Å². The van der Waals surface area contributed by atoms with E-state index in [1.807, 2.05) is 0 Å². The average Bonchev–Trinajstić information content (AvgIpc) is 2.48. The molecule has 0 radical (unpaired) electrons. The molecule has 0 atom stereocenters. The van der Waals surface area contributed by atoms with Gasteiger partial charge in [-0.15, -0.1) is 0 Å². The van der Waals surface area contributed by atoms with E-state index in [1.54, 1.807) is 49.4 Å². The number of benzene rings is 2. The number of aromatic hydroxyl groups is 1. The van der Waals surface area contributed by atoms with Gasteiger partial charge >= 0.3 is 5.97 Å². The number of rotatable bonds is 2. The summed E-state index contributed by atoms with van der Waals surface area (Å²) in [4.78, 5) is 23.7. The fourth-order valence-corrected chi connectivity index (χ4v) is 2.56. The highest BCUT2D eigenvalue weighted by molar-refractivity contribution is 5.94. The number of nitrogens with zero attached hydrogens (tertiary/aromatic N) is 1. The van der Waals surface area contributed by atoms with Gasteiger partial charge in [0.25, 0.3) is 5.56 Å². The van der Waals surface area contributed by atoms with Gasteiger partial charge in [-0.3, -0.25) is 9.36 Å². The Bertz CT molecular complexity index is 957. The van der Waals surface area contributed by atoms with Gasteiger partial charge in [0, 0.05) is 16.5 Å². The van der Waals surface area contributed by atoms with Crippen LogP contribution in [-0.4, -0.2) is 20.7 Å². The molecule has 0 spiro atoms. The van der Waals surface area contributed by atoms with Gasteiger partial charge in [0.2, 0.25) is 0 Å². The van der Waals surface area contributed by atoms with Crippen molar-refractivity contribution in [2.75, 3.05) is 0 Å². The number of aromatic carboxylic acids is 1. The molecule has 5 heteroatoms. The first-order chi connectivity index (χ1) is 10.5. The lowest BCUT2D eigenvalue weighted by Gasteiger charge is -2.14. The molecule has 22 heavy (non-hydrogen) atoms. The highest BCUT2D eigenvalue weighted by Crippen LogP contribution is 2.28. The summed E-state index contributed by atoms with van der Waals surface area (Å²) >= 11 is 0. The number of aryl methyl sites for hydroxylation is 1. The second kappa shape index (κ2) is 5.04. The van der Waals surface area contributed by atoms with Crippen LogP contribution in [0.2, 0.25) is 0 Å². The number of hydrogen-bond donors (Lipinski definition) is 2. The van der Waals surface area contributed by atoms with Crippen molar-refractivity contribution in [2.45, 2.75) is 6.92 Å². The van der Waals surface area contributed by atoms with Crippen molar-refractivity contribution in [3.63, 3.8) is 0 Å². The zero-order valence-electron chi connectivity index (χ0n) is 11.8. The van der Waals surface area contributed by atoms with Crippen LogP contribution in [0.4, 0.5) is 0 Å². The summed E-state index contributed by atoms with van der Waals surface area (Å²) in [5, 5.41) is 20.4. The molecule has 0 saturated heterocycles. The van der Waals surface area contributed by atoms with Crippen molar-refractivity contribution >= 4 is 16.7 Å². The van der Waals surface area contributed by atoms with Crippen molar-refractivity contribution in [3.8, 4) is 11.4 Å². The number of phenols is 1. The van der Waals surface area contributed by atoms with Crippen molar-refractivity contribution in [1.29, 1.82) is 0 Å². The van der Waals surface area contributed by atoms with E-state index in [9.17, 15) is 14.7 Å². The number of phenolic OH excluding ortho intramolecular Hbond substituents is 1. The van der Waals surface area contributed by atoms with Gasteiger partial charge in [-0.05, 0) is 31.2 Å². The molecule has 3 rings (SSSR count). The number of fused-ring (bicyclic) bond motifs is 1. The average molecular weight is 295 g/mol. The molecule has 0 bridgehead atoms. The number of pyridine rings is 1. The maximum absolute atomic E-state index is 12.5. The normalized spacial score (nSPS) is 10.8. The van der Waals surface area contributed by atoms with Crippen LogP contribution in [0.3, 0.4) is 0 Å². The van der Waals surface area contributed by atoms with Crippen LogP contribution in [0.25, 0.3) is 16.5 Å². The zero-order valence-corrected chi connectivity index (χ0v) is 11.8. The fourth-order valence-electron chi connectivity index (χ4n) is 2.56. The number of carboxylic acids is 1. The summed E-state index contributed by atoms with van der Waals surface area (Å²) < 4.78 is 1.35. The summed E-state index contributed by atoms with van der Waals surface area (Å²) in [6.45, 7) is 1.73. The van der Waals surface area contributed by atoms with Crippen molar-refractivity contribution in [2.24, 2.45) is 0 Å². The second-order valence-corrected chi connectivity index (χ2v) is 4.98. The number of aromatic nitrogens is 1. The number of carboxylic acid groups (broad SMARTS) is 1. The first-order valence-electron chi connectivity index (χ1n) is 6.67. The lowest BCUT2D eigenvalue weighted by molar-refractivity contribution is 0.0694. The molecular weight excluding hydrogens is 282 g/mol. The fraction of sp³-hybridized carbons (Fsp3) is 0.0588. The highest BCUT2D eigenvalue weighted by atomic mass is 16.4. The molecule has 0 aliphatic carbocycles. The molecule has 0 aliphatic heterocycles.